The topological polar surface area (TPSA) is 46.2 Å². The van der Waals surface area contributed by atoms with Crippen LogP contribution in [0.3, 0.4) is 0 Å². The van der Waals surface area contributed by atoms with Crippen LogP contribution >= 0.6 is 11.3 Å². The lowest BCUT2D eigenvalue weighted by Crippen LogP contribution is -2.27. The third-order valence-electron chi connectivity index (χ3n) is 1.68. The Hall–Kier alpha value is -0.680. The smallest absolute Gasteiger partial charge is 0.261 e. The van der Waals surface area contributed by atoms with Crippen molar-refractivity contribution in [3.8, 4) is 0 Å². The predicted molar refractivity (Wildman–Crippen MR) is 60.2 cm³/mol. The Morgan fingerprint density at radius 2 is 2.43 bits per heavy atom. The molecule has 0 saturated heterocycles. The van der Waals surface area contributed by atoms with Crippen molar-refractivity contribution in [3.63, 3.8) is 0 Å². The number of amides is 1. The number of nitrogens with one attached hydrogen (secondary N) is 1. The lowest BCUT2D eigenvalue weighted by atomic mass is 10.4. The molecule has 1 amide bonds. The van der Waals surface area contributed by atoms with E-state index in [0.29, 0.717) is 22.9 Å². The van der Waals surface area contributed by atoms with Crippen LogP contribution in [-0.2, 0) is 10.8 Å². The first kappa shape index (κ1) is 11.4. The second kappa shape index (κ2) is 5.93. The van der Waals surface area contributed by atoms with E-state index in [9.17, 15) is 9.00 Å². The van der Waals surface area contributed by atoms with Crippen LogP contribution in [0.2, 0.25) is 0 Å². The van der Waals surface area contributed by atoms with Gasteiger partial charge in [-0.05, 0) is 11.4 Å². The largest absolute Gasteiger partial charge is 0.350 e. The van der Waals surface area contributed by atoms with Gasteiger partial charge in [0.25, 0.3) is 5.91 Å². The minimum absolute atomic E-state index is 0.0758. The summed E-state index contributed by atoms with van der Waals surface area (Å²) in [6.07, 6.45) is 0. The molecule has 5 heteroatoms. The van der Waals surface area contributed by atoms with Gasteiger partial charge in [0, 0.05) is 28.9 Å². The zero-order valence-electron chi connectivity index (χ0n) is 7.99. The molecule has 0 aliphatic carbocycles. The number of rotatable bonds is 5. The van der Waals surface area contributed by atoms with E-state index < -0.39 is 10.8 Å². The molecule has 1 aromatic heterocycles. The molecule has 14 heavy (non-hydrogen) atoms. The average Bonchev–Trinajstić information content (AvgIpc) is 2.70. The van der Waals surface area contributed by atoms with Gasteiger partial charge in [-0.15, -0.1) is 11.3 Å². The van der Waals surface area contributed by atoms with Gasteiger partial charge in [0.15, 0.2) is 0 Å². The van der Waals surface area contributed by atoms with E-state index in [1.807, 2.05) is 18.4 Å². The van der Waals surface area contributed by atoms with Crippen molar-refractivity contribution in [2.45, 2.75) is 6.92 Å². The van der Waals surface area contributed by atoms with Gasteiger partial charge in [0.1, 0.15) is 0 Å². The summed E-state index contributed by atoms with van der Waals surface area (Å²) in [7, 11) is -0.802. The Morgan fingerprint density at radius 1 is 1.64 bits per heavy atom. The van der Waals surface area contributed by atoms with Crippen LogP contribution in [0.4, 0.5) is 0 Å². The van der Waals surface area contributed by atoms with E-state index in [1.54, 1.807) is 6.07 Å². The van der Waals surface area contributed by atoms with Crippen LogP contribution in [-0.4, -0.2) is 28.2 Å². The van der Waals surface area contributed by atoms with E-state index in [2.05, 4.69) is 5.32 Å². The molecule has 3 nitrogen and oxygen atoms in total. The highest BCUT2D eigenvalue weighted by molar-refractivity contribution is 7.84. The number of thiophene rings is 1. The van der Waals surface area contributed by atoms with Gasteiger partial charge >= 0.3 is 0 Å². The summed E-state index contributed by atoms with van der Waals surface area (Å²) in [5, 5.41) is 4.59. The first-order valence-electron chi connectivity index (χ1n) is 4.40. The number of hydrogen-bond acceptors (Lipinski definition) is 3. The molecule has 0 fully saturated rings. The van der Waals surface area contributed by atoms with Gasteiger partial charge in [0.05, 0.1) is 4.88 Å². The van der Waals surface area contributed by atoms with Crippen molar-refractivity contribution >= 4 is 28.0 Å². The molecule has 78 valence electrons. The minimum Gasteiger partial charge on any atom is -0.350 e. The van der Waals surface area contributed by atoms with Gasteiger partial charge in [0.2, 0.25) is 0 Å². The van der Waals surface area contributed by atoms with Crippen molar-refractivity contribution in [2.24, 2.45) is 0 Å². The lowest BCUT2D eigenvalue weighted by Gasteiger charge is -2.01. The molecule has 1 unspecified atom stereocenters. The maximum absolute atomic E-state index is 11.4. The van der Waals surface area contributed by atoms with Gasteiger partial charge in [-0.1, -0.05) is 13.0 Å². The lowest BCUT2D eigenvalue weighted by molar-refractivity contribution is 0.0960. The molecule has 1 N–H and O–H groups in total. The fraction of sp³-hybridized carbons (Fsp3) is 0.444. The Balaban J connectivity index is 2.26. The van der Waals surface area contributed by atoms with Crippen molar-refractivity contribution < 1.29 is 9.00 Å². The molecule has 0 aliphatic rings. The summed E-state index contributed by atoms with van der Waals surface area (Å²) in [5.41, 5.74) is 0. The molecule has 1 rings (SSSR count). The van der Waals surface area contributed by atoms with E-state index in [4.69, 9.17) is 0 Å². The monoisotopic (exact) mass is 231 g/mol. The Bertz CT molecular complexity index is 309. The van der Waals surface area contributed by atoms with E-state index in [-0.39, 0.29) is 5.91 Å². The fourth-order valence-electron chi connectivity index (χ4n) is 0.918. The van der Waals surface area contributed by atoms with Gasteiger partial charge in [-0.3, -0.25) is 9.00 Å². The molecule has 0 bridgehead atoms. The first-order valence-corrected chi connectivity index (χ1v) is 6.77. The summed E-state index contributed by atoms with van der Waals surface area (Å²) < 4.78 is 11.0. The van der Waals surface area contributed by atoms with E-state index in [1.165, 1.54) is 11.3 Å². The highest BCUT2D eigenvalue weighted by Crippen LogP contribution is 2.07. The van der Waals surface area contributed by atoms with Crippen LogP contribution in [0.25, 0.3) is 0 Å². The Kier molecular flexibility index (Phi) is 4.82. The number of carbonyl (C=O) groups excluding carboxylic acids is 1. The SMILES string of the molecule is CCS(=O)CCNC(=O)c1cccs1. The van der Waals surface area contributed by atoms with Crippen LogP contribution in [0.15, 0.2) is 17.5 Å². The molecule has 0 aliphatic heterocycles. The third kappa shape index (κ3) is 3.59. The van der Waals surface area contributed by atoms with Crippen LogP contribution < -0.4 is 5.32 Å². The number of carbonyl (C=O) groups is 1. The third-order valence-corrected chi connectivity index (χ3v) is 3.85. The average molecular weight is 231 g/mol. The summed E-state index contributed by atoms with van der Waals surface area (Å²) >= 11 is 1.41. The molecular formula is C9H13NO2S2. The van der Waals surface area contributed by atoms with Crippen molar-refractivity contribution in [3.05, 3.63) is 22.4 Å². The second-order valence-corrected chi connectivity index (χ2v) is 5.48. The molecule has 1 atom stereocenters. The molecule has 0 saturated carbocycles. The quantitative estimate of drug-likeness (QED) is 0.829. The summed E-state index contributed by atoms with van der Waals surface area (Å²) in [5.74, 6) is 1.11. The van der Waals surface area contributed by atoms with Crippen molar-refractivity contribution in [2.75, 3.05) is 18.1 Å². The molecular weight excluding hydrogens is 218 g/mol. The molecule has 0 radical (unpaired) electrons. The van der Waals surface area contributed by atoms with Crippen molar-refractivity contribution in [1.82, 2.24) is 5.32 Å². The molecule has 1 heterocycles. The molecule has 0 aromatic carbocycles. The minimum atomic E-state index is -0.802. The normalized spacial score (nSPS) is 12.4. The zero-order chi connectivity index (χ0) is 10.4. The maximum Gasteiger partial charge on any atom is 0.261 e. The summed E-state index contributed by atoms with van der Waals surface area (Å²) in [6, 6.07) is 3.61. The highest BCUT2D eigenvalue weighted by atomic mass is 32.2. The van der Waals surface area contributed by atoms with Crippen LogP contribution in [0, 0.1) is 0 Å². The first-order chi connectivity index (χ1) is 6.74. The standard InChI is InChI=1S/C9H13NO2S2/c1-2-14(12)7-5-10-9(11)8-4-3-6-13-8/h3-4,6H,2,5,7H2,1H3,(H,10,11). The van der Waals surface area contributed by atoms with Gasteiger partial charge in [-0.25, -0.2) is 0 Å². The summed E-state index contributed by atoms with van der Waals surface area (Å²) in [4.78, 5) is 12.1. The Labute approximate surface area is 90.0 Å². The van der Waals surface area contributed by atoms with Crippen LogP contribution in [0.1, 0.15) is 16.6 Å². The van der Waals surface area contributed by atoms with Crippen LogP contribution in [0.5, 0.6) is 0 Å². The predicted octanol–water partition coefficient (Wildman–Crippen LogP) is 1.25. The van der Waals surface area contributed by atoms with Gasteiger partial charge in [-0.2, -0.15) is 0 Å². The Morgan fingerprint density at radius 3 is 3.00 bits per heavy atom. The summed E-state index contributed by atoms with van der Waals surface area (Å²) in [6.45, 7) is 2.36. The van der Waals surface area contributed by atoms with Crippen molar-refractivity contribution in [1.29, 1.82) is 0 Å². The number of hydrogen-bond donors (Lipinski definition) is 1. The fourth-order valence-corrected chi connectivity index (χ4v) is 2.18. The highest BCUT2D eigenvalue weighted by Gasteiger charge is 2.05. The zero-order valence-corrected chi connectivity index (χ0v) is 9.62. The van der Waals surface area contributed by atoms with Gasteiger partial charge < -0.3 is 5.32 Å². The van der Waals surface area contributed by atoms with E-state index in [0.717, 1.165) is 0 Å². The maximum atomic E-state index is 11.4. The van der Waals surface area contributed by atoms with E-state index >= 15 is 0 Å². The second-order valence-electron chi connectivity index (χ2n) is 2.67. The molecule has 1 aromatic rings. The molecule has 0 spiro atoms.